The van der Waals surface area contributed by atoms with E-state index in [1.807, 2.05) is 69.2 Å². The second-order valence-corrected chi connectivity index (χ2v) is 22.3. The number of hydrogen-bond acceptors (Lipinski definition) is 10. The second-order valence-electron chi connectivity index (χ2n) is 16.3. The molecule has 5 aromatic rings. The van der Waals surface area contributed by atoms with Crippen molar-refractivity contribution in [3.8, 4) is 28.7 Å². The van der Waals surface area contributed by atoms with E-state index in [1.54, 1.807) is 84.9 Å². The van der Waals surface area contributed by atoms with Gasteiger partial charge in [0, 0.05) is 20.8 Å². The van der Waals surface area contributed by atoms with E-state index in [0.29, 0.717) is 31.9 Å². The van der Waals surface area contributed by atoms with Crippen LogP contribution in [-0.2, 0) is 23.9 Å². The van der Waals surface area contributed by atoms with Crippen LogP contribution in [0.15, 0.2) is 140 Å². The third kappa shape index (κ3) is 11.0. The lowest BCUT2D eigenvalue weighted by molar-refractivity contribution is 0.130. The summed E-state index contributed by atoms with van der Waals surface area (Å²) in [6.45, 7) is 19.3. The predicted molar refractivity (Wildman–Crippen MR) is 223 cm³/mol. The van der Waals surface area contributed by atoms with Gasteiger partial charge in [-0.25, -0.2) is 3.63 Å². The molecule has 0 N–H and O–H groups in total. The Kier molecular flexibility index (Phi) is 12.4. The van der Waals surface area contributed by atoms with E-state index in [0.717, 1.165) is 5.56 Å². The van der Waals surface area contributed by atoms with Gasteiger partial charge in [-0.15, -0.1) is 0 Å². The predicted octanol–water partition coefficient (Wildman–Crippen LogP) is 10.9. The summed E-state index contributed by atoms with van der Waals surface area (Å²) in [5.74, 6) is 1.43. The number of ether oxygens (including phenoxy) is 4. The van der Waals surface area contributed by atoms with E-state index in [2.05, 4.69) is 0 Å². The van der Waals surface area contributed by atoms with Gasteiger partial charge in [-0.3, -0.25) is 0 Å². The van der Waals surface area contributed by atoms with Crippen molar-refractivity contribution in [3.05, 3.63) is 121 Å². The molecular weight excluding hydrogens is 785 g/mol. The van der Waals surface area contributed by atoms with E-state index in [9.17, 15) is 16.8 Å². The van der Waals surface area contributed by atoms with Gasteiger partial charge in [-0.1, -0.05) is 17.7 Å². The molecule has 5 aromatic carbocycles. The van der Waals surface area contributed by atoms with Crippen molar-refractivity contribution < 1.29 is 43.6 Å². The lowest BCUT2D eigenvalue weighted by Crippen LogP contribution is -2.23. The first kappa shape index (κ1) is 43.4. The highest BCUT2D eigenvalue weighted by atomic mass is 32.3. The molecule has 0 atom stereocenters. The molecule has 0 saturated heterocycles. The molecule has 0 unspecified atom stereocenters. The average molecular weight is 837 g/mol. The van der Waals surface area contributed by atoms with Gasteiger partial charge in [0.1, 0.15) is 38.9 Å². The maximum atomic E-state index is 14.8. The Morgan fingerprint density at radius 3 is 1.12 bits per heavy atom. The highest BCUT2D eigenvalue weighted by molar-refractivity contribution is 8.33. The summed E-state index contributed by atoms with van der Waals surface area (Å²) in [6.07, 6.45) is 0. The number of methoxy groups -OCH3 is 1. The van der Waals surface area contributed by atoms with Gasteiger partial charge in [0.15, 0.2) is 11.5 Å². The molecule has 0 aromatic heterocycles. The summed E-state index contributed by atoms with van der Waals surface area (Å²) in [4.78, 5) is 1.30. The molecule has 0 aliphatic heterocycles. The largest absolute Gasteiger partial charge is 0.493 e. The Morgan fingerprint density at radius 2 is 0.772 bits per heavy atom. The van der Waals surface area contributed by atoms with Crippen LogP contribution in [0.2, 0.25) is 0 Å². The van der Waals surface area contributed by atoms with Gasteiger partial charge in [-0.05, 0) is 177 Å². The SMILES string of the molecule is COc1cc(S(=O)(=O)OS(c2ccc(OC(C)(C)C)cc2)(c2ccc(OC(C)(C)C)cc2)c2ccc(OC(C)(C)C)cc2)ccc1OS(=O)(=O)c1ccc(C)cc1. The van der Waals surface area contributed by atoms with E-state index < -0.39 is 47.3 Å². The van der Waals surface area contributed by atoms with Crippen molar-refractivity contribution in [2.75, 3.05) is 7.11 Å². The third-order valence-corrected chi connectivity index (χ3v) is 14.3. The van der Waals surface area contributed by atoms with E-state index in [4.69, 9.17) is 26.8 Å². The summed E-state index contributed by atoms with van der Waals surface area (Å²) in [7, 11) is -10.8. The monoisotopic (exact) mass is 836 g/mol. The van der Waals surface area contributed by atoms with E-state index in [-0.39, 0.29) is 21.3 Å². The molecule has 0 radical (unpaired) electrons. The summed E-state index contributed by atoms with van der Waals surface area (Å²) in [5, 5.41) is 0. The summed E-state index contributed by atoms with van der Waals surface area (Å²) in [5.41, 5.74) is -0.570. The van der Waals surface area contributed by atoms with E-state index >= 15 is 0 Å². The highest BCUT2D eigenvalue weighted by Crippen LogP contribution is 2.70. The van der Waals surface area contributed by atoms with Crippen LogP contribution in [0.3, 0.4) is 0 Å². The van der Waals surface area contributed by atoms with Gasteiger partial charge in [0.05, 0.1) is 12.0 Å². The Balaban J connectivity index is 1.69. The fraction of sp³-hybridized carbons (Fsp3) is 0.318. The van der Waals surface area contributed by atoms with Crippen molar-refractivity contribution in [1.82, 2.24) is 0 Å². The molecule has 0 aliphatic carbocycles. The van der Waals surface area contributed by atoms with Crippen LogP contribution < -0.4 is 23.1 Å². The molecule has 0 fully saturated rings. The average Bonchev–Trinajstić information content (AvgIpc) is 3.10. The minimum Gasteiger partial charge on any atom is -0.493 e. The molecule has 0 amide bonds. The number of rotatable bonds is 13. The van der Waals surface area contributed by atoms with Gasteiger partial charge >= 0.3 is 20.2 Å². The molecule has 0 spiro atoms. The standard InChI is InChI=1S/C44H52O10S3/c1-31-12-20-38(21-13-31)56(45,46)53-40-29-28-39(30-41(40)49-11)57(47,48)54-55(35-22-14-32(15-23-35)50-42(2,3)4,36-24-16-33(17-25-36)51-43(5,6)7)37-26-18-34(19-27-37)52-44(8,9)10/h12-30H,1-11H3. The molecule has 5 rings (SSSR count). The lowest BCUT2D eigenvalue weighted by Gasteiger charge is -2.39. The minimum atomic E-state index is -4.67. The minimum absolute atomic E-state index is 0.0691. The Morgan fingerprint density at radius 1 is 0.421 bits per heavy atom. The molecular formula is C44H52O10S3. The molecule has 0 bridgehead atoms. The topological polar surface area (TPSA) is 124 Å². The zero-order valence-electron chi connectivity index (χ0n) is 34.3. The quantitative estimate of drug-likeness (QED) is 0.106. The maximum Gasteiger partial charge on any atom is 0.339 e. The summed E-state index contributed by atoms with van der Waals surface area (Å²) >= 11 is 0. The van der Waals surface area contributed by atoms with Crippen molar-refractivity contribution in [1.29, 1.82) is 0 Å². The lowest BCUT2D eigenvalue weighted by atomic mass is 10.2. The van der Waals surface area contributed by atoms with Crippen molar-refractivity contribution in [3.63, 3.8) is 0 Å². The Hall–Kier alpha value is -4.69. The normalized spacial score (nSPS) is 13.1. The van der Waals surface area contributed by atoms with Crippen LogP contribution >= 0.6 is 10.3 Å². The van der Waals surface area contributed by atoms with Crippen LogP contribution in [0.5, 0.6) is 28.7 Å². The fourth-order valence-electron chi connectivity index (χ4n) is 5.60. The smallest absolute Gasteiger partial charge is 0.339 e. The Labute approximate surface area is 339 Å². The molecule has 0 heterocycles. The second kappa shape index (κ2) is 16.3. The molecule has 13 heteroatoms. The summed E-state index contributed by atoms with van der Waals surface area (Å²) in [6, 6.07) is 31.3. The zero-order valence-corrected chi connectivity index (χ0v) is 36.7. The van der Waals surface area contributed by atoms with Gasteiger partial charge in [0.2, 0.25) is 0 Å². The van der Waals surface area contributed by atoms with Crippen molar-refractivity contribution in [2.45, 2.75) is 111 Å². The third-order valence-electron chi connectivity index (χ3n) is 7.86. The Bertz CT molecular complexity index is 2230. The van der Waals surface area contributed by atoms with Gasteiger partial charge in [-0.2, -0.15) is 16.8 Å². The first-order chi connectivity index (χ1) is 26.4. The number of hydrogen-bond donors (Lipinski definition) is 0. The maximum absolute atomic E-state index is 14.8. The van der Waals surface area contributed by atoms with Crippen LogP contribution in [0.4, 0.5) is 0 Å². The van der Waals surface area contributed by atoms with Gasteiger partial charge in [0.25, 0.3) is 0 Å². The first-order valence-corrected chi connectivity index (χ1v) is 22.6. The number of benzene rings is 5. The molecule has 57 heavy (non-hydrogen) atoms. The molecule has 10 nitrogen and oxygen atoms in total. The molecule has 0 saturated carbocycles. The van der Waals surface area contributed by atoms with E-state index in [1.165, 1.54) is 37.4 Å². The highest BCUT2D eigenvalue weighted by Gasteiger charge is 2.39. The van der Waals surface area contributed by atoms with Crippen molar-refractivity contribution in [2.24, 2.45) is 0 Å². The molecule has 0 aliphatic rings. The van der Waals surface area contributed by atoms with Crippen LogP contribution in [0.25, 0.3) is 0 Å². The molecule has 306 valence electrons. The summed E-state index contributed by atoms with van der Waals surface area (Å²) < 4.78 is 91.8. The van der Waals surface area contributed by atoms with Gasteiger partial charge < -0.3 is 23.1 Å². The zero-order chi connectivity index (χ0) is 42.0. The fourth-order valence-corrected chi connectivity index (χ4v) is 11.7. The van der Waals surface area contributed by atoms with Crippen LogP contribution in [-0.4, -0.2) is 40.7 Å². The number of aryl methyl sites for hydroxylation is 1. The van der Waals surface area contributed by atoms with Crippen LogP contribution in [0.1, 0.15) is 67.9 Å². The first-order valence-electron chi connectivity index (χ1n) is 18.3. The van der Waals surface area contributed by atoms with Crippen LogP contribution in [0, 0.1) is 6.92 Å². The van der Waals surface area contributed by atoms with Crippen molar-refractivity contribution >= 4 is 30.5 Å².